The van der Waals surface area contributed by atoms with Gasteiger partial charge in [-0.05, 0) is 32.3 Å². The van der Waals surface area contributed by atoms with Crippen molar-refractivity contribution in [1.82, 2.24) is 5.32 Å². The van der Waals surface area contributed by atoms with Crippen LogP contribution in [0.15, 0.2) is 24.3 Å². The molecule has 18 heavy (non-hydrogen) atoms. The van der Waals surface area contributed by atoms with E-state index in [2.05, 4.69) is 5.32 Å². The minimum atomic E-state index is -0.145. The van der Waals surface area contributed by atoms with Crippen LogP contribution in [-0.4, -0.2) is 11.7 Å². The molecular weight excluding hydrogens is 226 g/mol. The van der Waals surface area contributed by atoms with Gasteiger partial charge in [0.2, 0.25) is 5.91 Å². The van der Waals surface area contributed by atoms with Gasteiger partial charge >= 0.3 is 0 Å². The lowest BCUT2D eigenvalue weighted by molar-refractivity contribution is -0.126. The molecule has 1 aromatic rings. The van der Waals surface area contributed by atoms with Crippen LogP contribution in [-0.2, 0) is 4.79 Å². The van der Waals surface area contributed by atoms with Gasteiger partial charge in [-0.2, -0.15) is 0 Å². The number of carbonyl (C=O) groups excluding carboxylic acids is 2. The van der Waals surface area contributed by atoms with Crippen LogP contribution in [0, 0.1) is 5.41 Å². The van der Waals surface area contributed by atoms with Crippen molar-refractivity contribution < 1.29 is 9.59 Å². The molecule has 0 spiro atoms. The highest BCUT2D eigenvalue weighted by Gasteiger charge is 2.45. The molecule has 1 atom stereocenters. The van der Waals surface area contributed by atoms with Gasteiger partial charge in [0, 0.05) is 11.0 Å². The van der Waals surface area contributed by atoms with Gasteiger partial charge in [-0.3, -0.25) is 9.59 Å². The van der Waals surface area contributed by atoms with E-state index in [-0.39, 0.29) is 23.1 Å². The number of hydrogen-bond donors (Lipinski definition) is 1. The Bertz CT molecular complexity index is 472. The summed E-state index contributed by atoms with van der Waals surface area (Å²) in [4.78, 5) is 23.1. The quantitative estimate of drug-likeness (QED) is 0.829. The highest BCUT2D eigenvalue weighted by atomic mass is 16.2. The second-order valence-electron chi connectivity index (χ2n) is 5.43. The molecule has 1 amide bonds. The summed E-state index contributed by atoms with van der Waals surface area (Å²) >= 11 is 0. The largest absolute Gasteiger partial charge is 0.349 e. The van der Waals surface area contributed by atoms with Crippen LogP contribution in [0.3, 0.4) is 0 Å². The van der Waals surface area contributed by atoms with E-state index < -0.39 is 0 Å². The monoisotopic (exact) mass is 245 g/mol. The van der Waals surface area contributed by atoms with E-state index in [4.69, 9.17) is 0 Å². The Morgan fingerprint density at radius 2 is 1.78 bits per heavy atom. The van der Waals surface area contributed by atoms with Crippen molar-refractivity contribution in [1.29, 1.82) is 0 Å². The average Bonchev–Trinajstić information content (AvgIpc) is 3.08. The van der Waals surface area contributed by atoms with Crippen molar-refractivity contribution in [3.05, 3.63) is 35.4 Å². The van der Waals surface area contributed by atoms with E-state index in [0.717, 1.165) is 18.4 Å². The SMILES string of the molecule is CC(=O)c1ccc(C(C)NC(=O)C2(C)CC2)cc1. The number of benzene rings is 1. The molecular formula is C15H19NO2. The number of nitrogens with one attached hydrogen (secondary N) is 1. The minimum Gasteiger partial charge on any atom is -0.349 e. The van der Waals surface area contributed by atoms with Crippen LogP contribution in [0.5, 0.6) is 0 Å². The molecule has 0 aromatic heterocycles. The molecule has 1 N–H and O–H groups in total. The summed E-state index contributed by atoms with van der Waals surface area (Å²) in [6, 6.07) is 7.39. The zero-order valence-corrected chi connectivity index (χ0v) is 11.1. The van der Waals surface area contributed by atoms with Gasteiger partial charge in [-0.15, -0.1) is 0 Å². The summed E-state index contributed by atoms with van der Waals surface area (Å²) in [7, 11) is 0. The minimum absolute atomic E-state index is 0.0177. The molecule has 0 saturated heterocycles. The molecule has 1 unspecified atom stereocenters. The topological polar surface area (TPSA) is 46.2 Å². The Kier molecular flexibility index (Phi) is 3.24. The van der Waals surface area contributed by atoms with Gasteiger partial charge in [0.1, 0.15) is 0 Å². The van der Waals surface area contributed by atoms with Crippen LogP contribution in [0.1, 0.15) is 55.6 Å². The summed E-state index contributed by atoms with van der Waals surface area (Å²) in [5.74, 6) is 0.189. The van der Waals surface area contributed by atoms with Gasteiger partial charge in [-0.25, -0.2) is 0 Å². The van der Waals surface area contributed by atoms with E-state index in [1.54, 1.807) is 19.1 Å². The molecule has 1 saturated carbocycles. The zero-order valence-electron chi connectivity index (χ0n) is 11.1. The van der Waals surface area contributed by atoms with Gasteiger partial charge in [0.05, 0.1) is 6.04 Å². The first-order valence-electron chi connectivity index (χ1n) is 6.34. The average molecular weight is 245 g/mol. The third-order valence-corrected chi connectivity index (χ3v) is 3.71. The summed E-state index contributed by atoms with van der Waals surface area (Å²) in [6.45, 7) is 5.51. The van der Waals surface area contributed by atoms with E-state index in [1.807, 2.05) is 26.0 Å². The maximum absolute atomic E-state index is 11.9. The Morgan fingerprint density at radius 1 is 1.22 bits per heavy atom. The van der Waals surface area contributed by atoms with E-state index in [0.29, 0.717) is 5.56 Å². The first-order chi connectivity index (χ1) is 8.42. The number of carbonyl (C=O) groups is 2. The maximum atomic E-state index is 11.9. The number of rotatable bonds is 4. The van der Waals surface area contributed by atoms with Crippen LogP contribution in [0.2, 0.25) is 0 Å². The Labute approximate surface area is 108 Å². The summed E-state index contributed by atoms with van der Waals surface area (Å²) in [5, 5.41) is 3.02. The number of ketones is 1. The lowest BCUT2D eigenvalue weighted by atomic mass is 10.0. The molecule has 0 heterocycles. The van der Waals surface area contributed by atoms with Crippen molar-refractivity contribution in [2.75, 3.05) is 0 Å². The highest BCUT2D eigenvalue weighted by Crippen LogP contribution is 2.45. The Hall–Kier alpha value is -1.64. The molecule has 1 fully saturated rings. The molecule has 0 radical (unpaired) electrons. The smallest absolute Gasteiger partial charge is 0.226 e. The zero-order chi connectivity index (χ0) is 13.3. The molecule has 0 aliphatic heterocycles. The molecule has 1 aliphatic rings. The van der Waals surface area contributed by atoms with Gasteiger partial charge in [0.25, 0.3) is 0 Å². The second-order valence-corrected chi connectivity index (χ2v) is 5.43. The van der Waals surface area contributed by atoms with Crippen LogP contribution in [0.25, 0.3) is 0 Å². The van der Waals surface area contributed by atoms with Gasteiger partial charge < -0.3 is 5.32 Å². The van der Waals surface area contributed by atoms with Crippen molar-refractivity contribution in [2.24, 2.45) is 5.41 Å². The fourth-order valence-corrected chi connectivity index (χ4v) is 1.88. The van der Waals surface area contributed by atoms with Gasteiger partial charge in [-0.1, -0.05) is 31.2 Å². The van der Waals surface area contributed by atoms with Crippen molar-refractivity contribution in [3.8, 4) is 0 Å². The van der Waals surface area contributed by atoms with Crippen molar-refractivity contribution in [2.45, 2.75) is 39.7 Å². The molecule has 2 rings (SSSR count). The normalized spacial score (nSPS) is 17.9. The van der Waals surface area contributed by atoms with E-state index >= 15 is 0 Å². The molecule has 3 heteroatoms. The fourth-order valence-electron chi connectivity index (χ4n) is 1.88. The summed E-state index contributed by atoms with van der Waals surface area (Å²) < 4.78 is 0. The molecule has 0 bridgehead atoms. The summed E-state index contributed by atoms with van der Waals surface area (Å²) in [6.07, 6.45) is 1.96. The molecule has 3 nitrogen and oxygen atoms in total. The maximum Gasteiger partial charge on any atom is 0.226 e. The predicted molar refractivity (Wildman–Crippen MR) is 70.3 cm³/mol. The van der Waals surface area contributed by atoms with Crippen molar-refractivity contribution in [3.63, 3.8) is 0 Å². The van der Waals surface area contributed by atoms with Crippen molar-refractivity contribution >= 4 is 11.7 Å². The Morgan fingerprint density at radius 3 is 2.22 bits per heavy atom. The predicted octanol–water partition coefficient (Wildman–Crippen LogP) is 2.87. The second kappa shape index (κ2) is 4.56. The third kappa shape index (κ3) is 2.61. The lowest BCUT2D eigenvalue weighted by Gasteiger charge is -2.17. The lowest BCUT2D eigenvalue weighted by Crippen LogP contribution is -2.32. The number of Topliss-reactive ketones (excluding diaryl/α,β-unsaturated/α-hetero) is 1. The Balaban J connectivity index is 2.02. The highest BCUT2D eigenvalue weighted by molar-refractivity contribution is 5.94. The molecule has 1 aromatic carbocycles. The third-order valence-electron chi connectivity index (χ3n) is 3.71. The molecule has 96 valence electrons. The first-order valence-corrected chi connectivity index (χ1v) is 6.34. The fraction of sp³-hybridized carbons (Fsp3) is 0.467. The number of amides is 1. The summed E-state index contributed by atoms with van der Waals surface area (Å²) in [5.41, 5.74) is 1.58. The van der Waals surface area contributed by atoms with Crippen LogP contribution in [0.4, 0.5) is 0 Å². The standard InChI is InChI=1S/C15H19NO2/c1-10(16-14(18)15(3)8-9-15)12-4-6-13(7-5-12)11(2)17/h4-7,10H,8-9H2,1-3H3,(H,16,18). The van der Waals surface area contributed by atoms with E-state index in [9.17, 15) is 9.59 Å². The van der Waals surface area contributed by atoms with Crippen LogP contribution >= 0.6 is 0 Å². The van der Waals surface area contributed by atoms with Crippen LogP contribution < -0.4 is 5.32 Å². The first kappa shape index (κ1) is 12.8. The van der Waals surface area contributed by atoms with Gasteiger partial charge in [0.15, 0.2) is 5.78 Å². The number of hydrogen-bond acceptors (Lipinski definition) is 2. The molecule has 1 aliphatic carbocycles. The van der Waals surface area contributed by atoms with E-state index in [1.165, 1.54) is 0 Å².